The Morgan fingerprint density at radius 1 is 1.28 bits per heavy atom. The Labute approximate surface area is 145 Å². The van der Waals surface area contributed by atoms with Gasteiger partial charge in [-0.1, -0.05) is 6.92 Å². The number of ether oxygens (including phenoxy) is 2. The number of hydrogen-bond acceptors (Lipinski definition) is 7. The monoisotopic (exact) mass is 354 g/mol. The number of aliphatic hydroxyl groups is 1. The first-order valence-corrected chi connectivity index (χ1v) is 7.58. The van der Waals surface area contributed by atoms with Crippen LogP contribution in [0.5, 0.6) is 5.75 Å². The first-order valence-electron chi connectivity index (χ1n) is 7.58. The second kappa shape index (κ2) is 8.97. The van der Waals surface area contributed by atoms with Gasteiger partial charge in [0.2, 0.25) is 0 Å². The van der Waals surface area contributed by atoms with Gasteiger partial charge in [0.1, 0.15) is 0 Å². The molecule has 0 radical (unpaired) electrons. The third-order valence-corrected chi connectivity index (χ3v) is 3.49. The van der Waals surface area contributed by atoms with Crippen LogP contribution in [0.2, 0.25) is 0 Å². The average molecular weight is 354 g/mol. The number of carbonyl (C=O) groups is 2. The van der Waals surface area contributed by atoms with E-state index in [9.17, 15) is 24.8 Å². The van der Waals surface area contributed by atoms with E-state index in [1.807, 2.05) is 0 Å². The first-order chi connectivity index (χ1) is 11.7. The fourth-order valence-corrected chi connectivity index (χ4v) is 2.31. The summed E-state index contributed by atoms with van der Waals surface area (Å²) in [5, 5.41) is 20.7. The maximum absolute atomic E-state index is 12.7. The highest BCUT2D eigenvalue weighted by atomic mass is 16.6. The number of benzene rings is 1. The van der Waals surface area contributed by atoms with Gasteiger partial charge in [-0.05, 0) is 19.1 Å². The summed E-state index contributed by atoms with van der Waals surface area (Å²) in [5.74, 6) is -1.61. The number of carbonyl (C=O) groups excluding carboxylic acids is 2. The normalized spacial score (nSPS) is 12.8. The van der Waals surface area contributed by atoms with Crippen LogP contribution >= 0.6 is 0 Å². The zero-order chi connectivity index (χ0) is 19.1. The molecule has 0 saturated heterocycles. The number of nitro benzene ring substituents is 1. The van der Waals surface area contributed by atoms with Crippen molar-refractivity contribution in [1.82, 2.24) is 4.90 Å². The molecule has 1 aromatic carbocycles. The molecule has 0 aromatic heterocycles. The Morgan fingerprint density at radius 2 is 1.92 bits per heavy atom. The van der Waals surface area contributed by atoms with E-state index < -0.39 is 28.8 Å². The number of rotatable bonds is 8. The lowest BCUT2D eigenvalue weighted by Gasteiger charge is -2.26. The van der Waals surface area contributed by atoms with Gasteiger partial charge in [0, 0.05) is 24.7 Å². The van der Waals surface area contributed by atoms with Crippen LogP contribution in [-0.2, 0) is 9.53 Å². The summed E-state index contributed by atoms with van der Waals surface area (Å²) in [6, 6.07) is 3.83. The van der Waals surface area contributed by atoms with Crippen molar-refractivity contribution in [3.8, 4) is 5.75 Å². The van der Waals surface area contributed by atoms with Crippen molar-refractivity contribution < 1.29 is 29.1 Å². The second-order valence-electron chi connectivity index (χ2n) is 5.63. The Kier molecular flexibility index (Phi) is 7.31. The van der Waals surface area contributed by atoms with E-state index in [4.69, 9.17) is 4.74 Å². The third kappa shape index (κ3) is 5.42. The van der Waals surface area contributed by atoms with Crippen LogP contribution in [0.3, 0.4) is 0 Å². The Hall–Kier alpha value is -2.68. The third-order valence-electron chi connectivity index (χ3n) is 3.49. The van der Waals surface area contributed by atoms with E-state index in [-0.39, 0.29) is 30.1 Å². The van der Waals surface area contributed by atoms with Crippen LogP contribution in [-0.4, -0.2) is 60.2 Å². The van der Waals surface area contributed by atoms with Gasteiger partial charge in [-0.25, -0.2) is 0 Å². The molecular formula is C16H22N2O7. The molecule has 1 N–H and O–H groups in total. The van der Waals surface area contributed by atoms with Gasteiger partial charge in [-0.2, -0.15) is 0 Å². The molecule has 0 bridgehead atoms. The molecule has 9 heteroatoms. The van der Waals surface area contributed by atoms with Gasteiger partial charge in [0.05, 0.1) is 31.2 Å². The molecule has 2 atom stereocenters. The van der Waals surface area contributed by atoms with Crippen LogP contribution in [0.1, 0.15) is 24.2 Å². The van der Waals surface area contributed by atoms with Crippen molar-refractivity contribution in [1.29, 1.82) is 0 Å². The largest absolute Gasteiger partial charge is 0.490 e. The average Bonchev–Trinajstić information content (AvgIpc) is 2.58. The topological polar surface area (TPSA) is 119 Å². The molecule has 1 amide bonds. The number of amides is 1. The van der Waals surface area contributed by atoms with Gasteiger partial charge in [0.25, 0.3) is 5.91 Å². The number of nitrogens with zero attached hydrogens (tertiary/aromatic N) is 2. The summed E-state index contributed by atoms with van der Waals surface area (Å²) in [4.78, 5) is 36.0. The number of aliphatic hydroxyl groups excluding tert-OH is 1. The van der Waals surface area contributed by atoms with Gasteiger partial charge in [-0.15, -0.1) is 0 Å². The van der Waals surface area contributed by atoms with Crippen LogP contribution in [0.4, 0.5) is 5.69 Å². The van der Waals surface area contributed by atoms with E-state index in [0.717, 1.165) is 6.07 Å². The van der Waals surface area contributed by atoms with Gasteiger partial charge < -0.3 is 19.5 Å². The molecule has 0 aliphatic heterocycles. The minimum atomic E-state index is -0.831. The molecule has 25 heavy (non-hydrogen) atoms. The molecule has 0 aliphatic carbocycles. The summed E-state index contributed by atoms with van der Waals surface area (Å²) < 4.78 is 9.55. The predicted octanol–water partition coefficient (Wildman–Crippen LogP) is 1.24. The summed E-state index contributed by atoms with van der Waals surface area (Å²) in [7, 11) is 2.54. The van der Waals surface area contributed by atoms with Gasteiger partial charge in [-0.3, -0.25) is 19.7 Å². The van der Waals surface area contributed by atoms with Crippen molar-refractivity contribution in [3.05, 3.63) is 33.9 Å². The zero-order valence-electron chi connectivity index (χ0n) is 14.6. The molecule has 0 saturated carbocycles. The van der Waals surface area contributed by atoms with Crippen LogP contribution in [0, 0.1) is 16.0 Å². The van der Waals surface area contributed by atoms with Gasteiger partial charge in [0.15, 0.2) is 5.75 Å². The Bertz CT molecular complexity index is 645. The van der Waals surface area contributed by atoms with E-state index in [2.05, 4.69) is 4.74 Å². The zero-order valence-corrected chi connectivity index (χ0v) is 14.6. The SMILES string of the molecule is COC(=O)C(C)CN(CC(C)O)C(=O)c1ccc(OC)c([N+](=O)[O-])c1. The summed E-state index contributed by atoms with van der Waals surface area (Å²) in [6.07, 6.45) is -0.831. The van der Waals surface area contributed by atoms with E-state index in [1.165, 1.54) is 38.2 Å². The fourth-order valence-electron chi connectivity index (χ4n) is 2.31. The molecule has 9 nitrogen and oxygen atoms in total. The smallest absolute Gasteiger partial charge is 0.311 e. The number of nitro groups is 1. The molecule has 138 valence electrons. The van der Waals surface area contributed by atoms with Crippen LogP contribution < -0.4 is 4.74 Å². The van der Waals surface area contributed by atoms with E-state index in [0.29, 0.717) is 0 Å². The summed E-state index contributed by atoms with van der Waals surface area (Å²) in [5.41, 5.74) is -0.281. The molecule has 1 rings (SSSR count). The highest BCUT2D eigenvalue weighted by Crippen LogP contribution is 2.28. The highest BCUT2D eigenvalue weighted by molar-refractivity contribution is 5.95. The Morgan fingerprint density at radius 3 is 2.40 bits per heavy atom. The van der Waals surface area contributed by atoms with E-state index >= 15 is 0 Å². The van der Waals surface area contributed by atoms with Crippen LogP contribution in [0.25, 0.3) is 0 Å². The van der Waals surface area contributed by atoms with Crippen molar-refractivity contribution in [2.75, 3.05) is 27.3 Å². The quantitative estimate of drug-likeness (QED) is 0.423. The maximum Gasteiger partial charge on any atom is 0.311 e. The molecule has 0 spiro atoms. The minimum absolute atomic E-state index is 0.0102. The molecule has 0 fully saturated rings. The van der Waals surface area contributed by atoms with Crippen molar-refractivity contribution in [3.63, 3.8) is 0 Å². The lowest BCUT2D eigenvalue weighted by molar-refractivity contribution is -0.385. The minimum Gasteiger partial charge on any atom is -0.490 e. The van der Waals surface area contributed by atoms with Crippen molar-refractivity contribution >= 4 is 17.6 Å². The number of esters is 1. The van der Waals surface area contributed by atoms with Crippen molar-refractivity contribution in [2.45, 2.75) is 20.0 Å². The standard InChI is InChI=1S/C16H22N2O7/c1-10(16(21)25-4)8-17(9-11(2)19)15(20)12-5-6-14(24-3)13(7-12)18(22)23/h5-7,10-11,19H,8-9H2,1-4H3. The number of methoxy groups -OCH3 is 2. The Balaban J connectivity index is 3.14. The molecule has 0 heterocycles. The number of hydrogen-bond donors (Lipinski definition) is 1. The summed E-state index contributed by atoms with van der Waals surface area (Å²) >= 11 is 0. The van der Waals surface area contributed by atoms with Gasteiger partial charge >= 0.3 is 11.7 Å². The van der Waals surface area contributed by atoms with Crippen LogP contribution in [0.15, 0.2) is 18.2 Å². The highest BCUT2D eigenvalue weighted by Gasteiger charge is 2.26. The lowest BCUT2D eigenvalue weighted by atomic mass is 10.1. The fraction of sp³-hybridized carbons (Fsp3) is 0.500. The molecule has 0 aliphatic rings. The lowest BCUT2D eigenvalue weighted by Crippen LogP contribution is -2.41. The molecule has 1 aromatic rings. The predicted molar refractivity (Wildman–Crippen MR) is 88.4 cm³/mol. The maximum atomic E-state index is 12.7. The molecular weight excluding hydrogens is 332 g/mol. The first kappa shape index (κ1) is 20.4. The van der Waals surface area contributed by atoms with Crippen molar-refractivity contribution in [2.24, 2.45) is 5.92 Å². The summed E-state index contributed by atoms with van der Waals surface area (Å²) in [6.45, 7) is 3.07. The second-order valence-corrected chi connectivity index (χ2v) is 5.63. The van der Waals surface area contributed by atoms with E-state index in [1.54, 1.807) is 6.92 Å². The molecule has 2 unspecified atom stereocenters.